The van der Waals surface area contributed by atoms with Crippen molar-refractivity contribution in [3.8, 4) is 17.1 Å². The molecular formula is C29H38N8O3S. The molecule has 11 nitrogen and oxygen atoms in total. The van der Waals surface area contributed by atoms with Crippen LogP contribution in [-0.4, -0.2) is 82.0 Å². The first kappa shape index (κ1) is 28.7. The van der Waals surface area contributed by atoms with Crippen LogP contribution in [0, 0.1) is 12.8 Å². The van der Waals surface area contributed by atoms with Crippen LogP contribution in [0.1, 0.15) is 35.8 Å². The largest absolute Gasteiger partial charge is 0.477 e. The zero-order chi connectivity index (χ0) is 29.3. The Bertz CT molecular complexity index is 1610. The Hall–Kier alpha value is -3.77. The first-order valence-electron chi connectivity index (χ1n) is 13.8. The monoisotopic (exact) mass is 578 g/mol. The fraction of sp³-hybridized carbons (Fsp3) is 0.448. The number of nitrogens with one attached hydrogen (secondary N) is 1. The van der Waals surface area contributed by atoms with Crippen LogP contribution in [0.15, 0.2) is 45.9 Å². The highest BCUT2D eigenvalue weighted by atomic mass is 32.2. The van der Waals surface area contributed by atoms with Crippen molar-refractivity contribution in [2.24, 2.45) is 15.3 Å². The first-order valence-corrected chi connectivity index (χ1v) is 16.1. The fourth-order valence-electron chi connectivity index (χ4n) is 4.99. The predicted octanol–water partition coefficient (Wildman–Crippen LogP) is 4.41. The molecule has 218 valence electrons. The van der Waals surface area contributed by atoms with Crippen molar-refractivity contribution >= 4 is 38.7 Å². The first-order chi connectivity index (χ1) is 19.5. The summed E-state index contributed by atoms with van der Waals surface area (Å²) >= 11 is 0. The second-order valence-corrected chi connectivity index (χ2v) is 13.9. The Morgan fingerprint density at radius 3 is 2.78 bits per heavy atom. The molecule has 0 aliphatic carbocycles. The van der Waals surface area contributed by atoms with E-state index in [1.165, 1.54) is 0 Å². The number of aliphatic imine (C=N–C) groups is 1. The van der Waals surface area contributed by atoms with Crippen LogP contribution in [0.4, 0.5) is 17.1 Å². The molecule has 0 radical (unpaired) electrons. The van der Waals surface area contributed by atoms with Crippen LogP contribution in [0.25, 0.3) is 11.3 Å². The van der Waals surface area contributed by atoms with Gasteiger partial charge >= 0.3 is 0 Å². The Kier molecular flexibility index (Phi) is 8.14. The van der Waals surface area contributed by atoms with E-state index in [0.29, 0.717) is 54.2 Å². The Morgan fingerprint density at radius 2 is 2.02 bits per heavy atom. The van der Waals surface area contributed by atoms with E-state index in [-0.39, 0.29) is 11.8 Å². The van der Waals surface area contributed by atoms with Crippen LogP contribution < -0.4 is 15.0 Å². The summed E-state index contributed by atoms with van der Waals surface area (Å²) in [6.07, 6.45) is 6.73. The molecule has 2 aromatic heterocycles. The number of carbonyl (C=O) groups is 1. The maximum Gasteiger partial charge on any atom is 0.280 e. The van der Waals surface area contributed by atoms with Crippen molar-refractivity contribution in [1.29, 1.82) is 0 Å². The number of ether oxygens (including phenoxy) is 1. The number of aromatic nitrogens is 3. The average molecular weight is 579 g/mol. The standard InChI is InChI=1S/C29H38N8O3S/c1-19-8-7-13-40-28-23(17-30-37(28)12-11-35(3)4)25-15-21(14-20(2)31-25)27(38)33-29-32-24-10-9-22(34-41(5,6)39)16-26(24)36(29)18-19/h9-10,14-17,19H,7-8,11-13,18H2,1-6H3,(H,32,33,38). The van der Waals surface area contributed by atoms with Crippen molar-refractivity contribution in [3.63, 3.8) is 0 Å². The number of nitrogens with zero attached hydrogens (tertiary/aromatic N) is 7. The van der Waals surface area contributed by atoms with Gasteiger partial charge in [0.2, 0.25) is 11.8 Å². The van der Waals surface area contributed by atoms with Gasteiger partial charge in [-0.05, 0) is 70.1 Å². The van der Waals surface area contributed by atoms with E-state index in [1.807, 2.05) is 48.8 Å². The minimum atomic E-state index is -2.33. The molecule has 1 atom stereocenters. The lowest BCUT2D eigenvalue weighted by atomic mass is 10.1. The summed E-state index contributed by atoms with van der Waals surface area (Å²) < 4.78 is 24.9. The molecule has 12 heteroatoms. The molecule has 41 heavy (non-hydrogen) atoms. The number of hydrogen-bond donors (Lipinski definition) is 1. The van der Waals surface area contributed by atoms with E-state index in [2.05, 4.69) is 31.6 Å². The number of rotatable bonds is 4. The van der Waals surface area contributed by atoms with Crippen LogP contribution in [-0.2, 0) is 16.3 Å². The van der Waals surface area contributed by atoms with Crippen molar-refractivity contribution in [2.45, 2.75) is 33.2 Å². The van der Waals surface area contributed by atoms with Gasteiger partial charge in [0.05, 0.1) is 47.7 Å². The third-order valence-corrected chi connectivity index (χ3v) is 7.56. The molecule has 1 aromatic carbocycles. The summed E-state index contributed by atoms with van der Waals surface area (Å²) in [5.41, 5.74) is 4.81. The number of amides is 1. The maximum absolute atomic E-state index is 13.6. The number of guanidine groups is 1. The van der Waals surface area contributed by atoms with Gasteiger partial charge in [-0.15, -0.1) is 0 Å². The number of benzene rings is 1. The van der Waals surface area contributed by atoms with Gasteiger partial charge in [-0.3, -0.25) is 9.78 Å². The van der Waals surface area contributed by atoms with Gasteiger partial charge in [-0.25, -0.2) is 8.89 Å². The molecule has 4 heterocycles. The van der Waals surface area contributed by atoms with E-state index in [0.717, 1.165) is 36.3 Å². The summed E-state index contributed by atoms with van der Waals surface area (Å²) in [6.45, 7) is 6.68. The molecule has 1 N–H and O–H groups in total. The maximum atomic E-state index is 13.6. The molecule has 0 spiro atoms. The smallest absolute Gasteiger partial charge is 0.280 e. The van der Waals surface area contributed by atoms with Gasteiger partial charge in [0.25, 0.3) is 5.91 Å². The van der Waals surface area contributed by atoms with Crippen molar-refractivity contribution in [1.82, 2.24) is 19.7 Å². The van der Waals surface area contributed by atoms with Crippen LogP contribution in [0.2, 0.25) is 0 Å². The van der Waals surface area contributed by atoms with Gasteiger partial charge in [0, 0.05) is 46.6 Å². The highest BCUT2D eigenvalue weighted by Gasteiger charge is 2.29. The van der Waals surface area contributed by atoms with Gasteiger partial charge < -0.3 is 19.9 Å². The lowest BCUT2D eigenvalue weighted by molar-refractivity contribution is 0.100. The molecule has 0 fully saturated rings. The lowest BCUT2D eigenvalue weighted by Crippen LogP contribution is -2.35. The molecule has 0 saturated carbocycles. The molecular weight excluding hydrogens is 540 g/mol. The molecule has 1 unspecified atom stereocenters. The second-order valence-electron chi connectivity index (χ2n) is 11.3. The third-order valence-electron chi connectivity index (χ3n) is 6.91. The van der Waals surface area contributed by atoms with Gasteiger partial charge in [0.1, 0.15) is 0 Å². The third kappa shape index (κ3) is 6.76. The van der Waals surface area contributed by atoms with E-state index in [1.54, 1.807) is 30.8 Å². The Labute approximate surface area is 241 Å². The van der Waals surface area contributed by atoms with E-state index in [9.17, 15) is 9.00 Å². The predicted molar refractivity (Wildman–Crippen MR) is 164 cm³/mol. The normalized spacial score (nSPS) is 18.7. The zero-order valence-electron chi connectivity index (χ0n) is 24.5. The number of hydrogen-bond acceptors (Lipinski definition) is 9. The van der Waals surface area contributed by atoms with Gasteiger partial charge in [-0.2, -0.15) is 14.5 Å². The molecule has 1 amide bonds. The highest BCUT2D eigenvalue weighted by molar-refractivity contribution is 7.92. The van der Waals surface area contributed by atoms with Crippen LogP contribution in [0.3, 0.4) is 0 Å². The molecule has 5 rings (SSSR count). The number of anilines is 2. The quantitative estimate of drug-likeness (QED) is 0.484. The van der Waals surface area contributed by atoms with Gasteiger partial charge in [0.15, 0.2) is 0 Å². The Morgan fingerprint density at radius 1 is 1.22 bits per heavy atom. The topological polar surface area (TPSA) is 117 Å². The number of aryl methyl sites for hydroxylation is 1. The molecule has 0 saturated heterocycles. The number of pyridine rings is 1. The van der Waals surface area contributed by atoms with E-state index < -0.39 is 9.73 Å². The lowest BCUT2D eigenvalue weighted by Gasteiger charge is -2.23. The van der Waals surface area contributed by atoms with E-state index in [4.69, 9.17) is 9.72 Å². The second kappa shape index (κ2) is 11.6. The summed E-state index contributed by atoms with van der Waals surface area (Å²) in [7, 11) is 1.72. The Balaban J connectivity index is 1.56. The fourth-order valence-corrected chi connectivity index (χ4v) is 5.61. The average Bonchev–Trinajstić information content (AvgIpc) is 3.44. The molecule has 2 aliphatic rings. The number of carbonyl (C=O) groups excluding carboxylic acids is 1. The minimum Gasteiger partial charge on any atom is -0.477 e. The summed E-state index contributed by atoms with van der Waals surface area (Å²) in [5, 5.41) is 7.91. The molecule has 3 aromatic rings. The summed E-state index contributed by atoms with van der Waals surface area (Å²) in [6, 6.07) is 9.11. The van der Waals surface area contributed by atoms with E-state index >= 15 is 0 Å². The van der Waals surface area contributed by atoms with Crippen LogP contribution in [0.5, 0.6) is 5.88 Å². The zero-order valence-corrected chi connectivity index (χ0v) is 25.4. The van der Waals surface area contributed by atoms with Gasteiger partial charge in [-0.1, -0.05) is 6.92 Å². The summed E-state index contributed by atoms with van der Waals surface area (Å²) in [5.74, 6) is 1.01. The van der Waals surface area contributed by atoms with Crippen molar-refractivity contribution in [2.75, 3.05) is 56.5 Å². The summed E-state index contributed by atoms with van der Waals surface area (Å²) in [4.78, 5) is 27.0. The van der Waals surface area contributed by atoms with Crippen LogP contribution >= 0.6 is 0 Å². The molecule has 2 bridgehead atoms. The highest BCUT2D eigenvalue weighted by Crippen LogP contribution is 2.37. The molecule has 2 aliphatic heterocycles. The van der Waals surface area contributed by atoms with Crippen molar-refractivity contribution in [3.05, 3.63) is 47.8 Å². The number of likely N-dealkylation sites (N-methyl/N-ethyl adjacent to an activating group) is 1. The number of fused-ring (bicyclic) bond motifs is 7. The minimum absolute atomic E-state index is 0.266. The van der Waals surface area contributed by atoms with Crippen molar-refractivity contribution < 1.29 is 13.7 Å². The SMILES string of the molecule is Cc1cc2cc(n1)-c1cnn(CCN(C)C)c1OCCCC(C)CN1/C(=N/C2=O)Nc2ccc(N=S(C)(C)=O)cc21.